The highest BCUT2D eigenvalue weighted by molar-refractivity contribution is 7.15. The number of carbonyl (C=O) groups is 2. The molecule has 0 aliphatic carbocycles. The van der Waals surface area contributed by atoms with E-state index in [0.717, 1.165) is 22.7 Å². The zero-order chi connectivity index (χ0) is 19.8. The molecule has 0 bridgehead atoms. The Hall–Kier alpha value is -2.28. The summed E-state index contributed by atoms with van der Waals surface area (Å²) < 4.78 is 0. The van der Waals surface area contributed by atoms with Crippen LogP contribution >= 0.6 is 11.3 Å². The van der Waals surface area contributed by atoms with E-state index < -0.39 is 0 Å². The minimum absolute atomic E-state index is 0.0240. The van der Waals surface area contributed by atoms with Crippen LogP contribution in [-0.2, 0) is 16.0 Å². The van der Waals surface area contributed by atoms with Crippen molar-refractivity contribution in [2.45, 2.75) is 47.5 Å². The summed E-state index contributed by atoms with van der Waals surface area (Å²) in [5.41, 5.74) is 3.28. The number of benzene rings is 1. The fraction of sp³-hybridized carbons (Fsp3) is 0.500. The molecule has 2 heterocycles. The topological polar surface area (TPSA) is 75.2 Å². The number of amides is 2. The third kappa shape index (κ3) is 4.71. The van der Waals surface area contributed by atoms with E-state index in [4.69, 9.17) is 0 Å². The van der Waals surface area contributed by atoms with Crippen molar-refractivity contribution in [3.8, 4) is 0 Å². The Kier molecular flexibility index (Phi) is 5.33. The van der Waals surface area contributed by atoms with Gasteiger partial charge in [0.15, 0.2) is 0 Å². The Bertz CT molecular complexity index is 869. The number of anilines is 2. The molecule has 1 atom stereocenters. The highest BCUT2D eigenvalue weighted by Crippen LogP contribution is 2.29. The number of rotatable bonds is 4. The Morgan fingerprint density at radius 2 is 2.00 bits per heavy atom. The molecule has 27 heavy (non-hydrogen) atoms. The van der Waals surface area contributed by atoms with Gasteiger partial charge in [-0.2, -0.15) is 0 Å². The molecular weight excluding hydrogens is 360 g/mol. The Balaban J connectivity index is 1.64. The van der Waals surface area contributed by atoms with Gasteiger partial charge in [-0.05, 0) is 42.5 Å². The molecule has 1 N–H and O–H groups in total. The summed E-state index contributed by atoms with van der Waals surface area (Å²) in [6.07, 6.45) is 1.02. The molecule has 6 nitrogen and oxygen atoms in total. The Morgan fingerprint density at radius 1 is 1.26 bits per heavy atom. The van der Waals surface area contributed by atoms with Crippen LogP contribution in [0.5, 0.6) is 0 Å². The molecule has 0 spiro atoms. The maximum absolute atomic E-state index is 12.6. The smallest absolute Gasteiger partial charge is 0.231 e. The van der Waals surface area contributed by atoms with Crippen LogP contribution < -0.4 is 10.2 Å². The van der Waals surface area contributed by atoms with E-state index in [9.17, 15) is 9.59 Å². The van der Waals surface area contributed by atoms with Crippen LogP contribution in [0, 0.1) is 25.2 Å². The molecule has 0 saturated carbocycles. The average molecular weight is 387 g/mol. The van der Waals surface area contributed by atoms with E-state index >= 15 is 0 Å². The highest BCUT2D eigenvalue weighted by Gasteiger charge is 2.35. The van der Waals surface area contributed by atoms with Gasteiger partial charge in [-0.1, -0.05) is 38.2 Å². The first-order valence-electron chi connectivity index (χ1n) is 9.13. The predicted molar refractivity (Wildman–Crippen MR) is 108 cm³/mol. The van der Waals surface area contributed by atoms with Gasteiger partial charge in [0.1, 0.15) is 5.01 Å². The van der Waals surface area contributed by atoms with E-state index in [0.29, 0.717) is 11.7 Å². The van der Waals surface area contributed by atoms with Gasteiger partial charge in [0.2, 0.25) is 16.9 Å². The van der Waals surface area contributed by atoms with E-state index in [1.165, 1.54) is 16.9 Å². The van der Waals surface area contributed by atoms with E-state index in [1.54, 1.807) is 4.90 Å². The normalized spacial score (nSPS) is 17.4. The van der Waals surface area contributed by atoms with Crippen molar-refractivity contribution in [2.24, 2.45) is 11.3 Å². The summed E-state index contributed by atoms with van der Waals surface area (Å²) in [6, 6.07) is 5.93. The number of hydrogen-bond donors (Lipinski definition) is 1. The fourth-order valence-electron chi connectivity index (χ4n) is 3.06. The van der Waals surface area contributed by atoms with Crippen molar-refractivity contribution >= 4 is 34.0 Å². The third-order valence-electron chi connectivity index (χ3n) is 4.68. The summed E-state index contributed by atoms with van der Waals surface area (Å²) >= 11 is 1.40. The lowest BCUT2D eigenvalue weighted by molar-refractivity contribution is -0.122. The lowest BCUT2D eigenvalue weighted by atomic mass is 9.93. The monoisotopic (exact) mass is 386 g/mol. The molecular formula is C20H26N4O2S. The number of aryl methyl sites for hydroxylation is 2. The lowest BCUT2D eigenvalue weighted by Crippen LogP contribution is -2.28. The number of nitrogens with zero attached hydrogens (tertiary/aromatic N) is 3. The second kappa shape index (κ2) is 7.38. The largest absolute Gasteiger partial charge is 0.312 e. The van der Waals surface area contributed by atoms with Crippen molar-refractivity contribution in [2.75, 3.05) is 16.8 Å². The molecule has 1 aromatic carbocycles. The first-order valence-corrected chi connectivity index (χ1v) is 9.95. The molecule has 0 unspecified atom stereocenters. The summed E-state index contributed by atoms with van der Waals surface area (Å²) in [4.78, 5) is 26.7. The summed E-state index contributed by atoms with van der Waals surface area (Å²) in [6.45, 7) is 10.9. The zero-order valence-corrected chi connectivity index (χ0v) is 17.3. The van der Waals surface area contributed by atoms with Gasteiger partial charge in [-0.25, -0.2) is 0 Å². The second-order valence-electron chi connectivity index (χ2n) is 8.40. The quantitative estimate of drug-likeness (QED) is 0.869. The van der Waals surface area contributed by atoms with E-state index in [-0.39, 0.29) is 29.6 Å². The summed E-state index contributed by atoms with van der Waals surface area (Å²) in [5.74, 6) is -0.577. The Morgan fingerprint density at radius 3 is 2.67 bits per heavy atom. The van der Waals surface area contributed by atoms with Crippen LogP contribution in [-0.4, -0.2) is 28.6 Å². The second-order valence-corrected chi connectivity index (χ2v) is 9.46. The fourth-order valence-corrected chi connectivity index (χ4v) is 4.11. The van der Waals surface area contributed by atoms with Crippen LogP contribution in [0.1, 0.15) is 43.3 Å². The highest BCUT2D eigenvalue weighted by atomic mass is 32.1. The van der Waals surface area contributed by atoms with E-state index in [1.807, 2.05) is 32.0 Å². The van der Waals surface area contributed by atoms with Gasteiger partial charge in [0.25, 0.3) is 0 Å². The molecule has 7 heteroatoms. The lowest BCUT2D eigenvalue weighted by Gasteiger charge is -2.17. The minimum atomic E-state index is -0.380. The van der Waals surface area contributed by atoms with Crippen molar-refractivity contribution in [1.82, 2.24) is 10.2 Å². The van der Waals surface area contributed by atoms with Crippen LogP contribution in [0.4, 0.5) is 10.8 Å². The molecule has 1 fully saturated rings. The standard InChI is InChI=1S/C20H26N4O2S/c1-12-6-7-15(8-13(12)2)24-11-14(9-17(24)25)18(26)21-19-23-22-16(27-19)10-20(3,4)5/h6-8,14H,9-11H2,1-5H3,(H,21,23,26)/t14-/m0/s1. The van der Waals surface area contributed by atoms with Crippen LogP contribution in [0.2, 0.25) is 0 Å². The predicted octanol–water partition coefficient (Wildman–Crippen LogP) is 3.74. The van der Waals surface area contributed by atoms with Gasteiger partial charge in [-0.15, -0.1) is 10.2 Å². The number of aromatic nitrogens is 2. The third-order valence-corrected chi connectivity index (χ3v) is 5.52. The van der Waals surface area contributed by atoms with Gasteiger partial charge < -0.3 is 10.2 Å². The summed E-state index contributed by atoms with van der Waals surface area (Å²) in [5, 5.41) is 12.4. The molecule has 1 saturated heterocycles. The van der Waals surface area contributed by atoms with E-state index in [2.05, 4.69) is 36.3 Å². The van der Waals surface area contributed by atoms with Gasteiger partial charge in [-0.3, -0.25) is 9.59 Å². The van der Waals surface area contributed by atoms with Crippen LogP contribution in [0.15, 0.2) is 18.2 Å². The maximum atomic E-state index is 12.6. The number of nitrogens with one attached hydrogen (secondary N) is 1. The van der Waals surface area contributed by atoms with Gasteiger partial charge >= 0.3 is 0 Å². The van der Waals surface area contributed by atoms with Crippen molar-refractivity contribution in [1.29, 1.82) is 0 Å². The van der Waals surface area contributed by atoms with Gasteiger partial charge in [0, 0.05) is 25.1 Å². The van der Waals surface area contributed by atoms with Crippen LogP contribution in [0.3, 0.4) is 0 Å². The molecule has 144 valence electrons. The molecule has 1 aliphatic rings. The number of carbonyl (C=O) groups excluding carboxylic acids is 2. The Labute approximate surface area is 164 Å². The molecule has 3 rings (SSSR count). The minimum Gasteiger partial charge on any atom is -0.312 e. The first-order chi connectivity index (χ1) is 12.6. The molecule has 2 amide bonds. The average Bonchev–Trinajstić information content (AvgIpc) is 3.15. The maximum Gasteiger partial charge on any atom is 0.231 e. The molecule has 1 aliphatic heterocycles. The SMILES string of the molecule is Cc1ccc(N2C[C@@H](C(=O)Nc3nnc(CC(C)(C)C)s3)CC2=O)cc1C. The molecule has 0 radical (unpaired) electrons. The van der Waals surface area contributed by atoms with Crippen molar-refractivity contribution in [3.05, 3.63) is 34.3 Å². The molecule has 1 aromatic heterocycles. The molecule has 2 aromatic rings. The summed E-state index contributed by atoms with van der Waals surface area (Å²) in [7, 11) is 0. The van der Waals surface area contributed by atoms with Crippen molar-refractivity contribution in [3.63, 3.8) is 0 Å². The zero-order valence-electron chi connectivity index (χ0n) is 16.5. The number of hydrogen-bond acceptors (Lipinski definition) is 5. The first kappa shape index (κ1) is 19.5. The van der Waals surface area contributed by atoms with Crippen molar-refractivity contribution < 1.29 is 9.59 Å². The van der Waals surface area contributed by atoms with Crippen LogP contribution in [0.25, 0.3) is 0 Å². The van der Waals surface area contributed by atoms with Gasteiger partial charge in [0.05, 0.1) is 5.92 Å².